The Hall–Kier alpha value is -3.42. The van der Waals surface area contributed by atoms with Crippen LogP contribution in [0.1, 0.15) is 35.2 Å². The van der Waals surface area contributed by atoms with Crippen LogP contribution in [0.25, 0.3) is 6.08 Å². The standard InChI is InChI=1S/C26H24Cl2N4O3/c27-20-5-2-6-21(28)23(20)24(33)31-22(25(34)35)7-1-4-17-10-12-19(13-11-17)32(16-18-8-9-18)26-29-14-3-15-30-26/h1-6,10-15,18,22H,7-9,16H2,(H,31,33)(H,34,35)/b4-1+. The maximum atomic E-state index is 12.6. The number of rotatable bonds is 10. The van der Waals surface area contributed by atoms with Crippen molar-refractivity contribution in [3.63, 3.8) is 0 Å². The highest BCUT2D eigenvalue weighted by Gasteiger charge is 2.26. The van der Waals surface area contributed by atoms with E-state index in [1.807, 2.05) is 30.3 Å². The van der Waals surface area contributed by atoms with Gasteiger partial charge < -0.3 is 15.3 Å². The Balaban J connectivity index is 1.41. The summed E-state index contributed by atoms with van der Waals surface area (Å²) < 4.78 is 0. The monoisotopic (exact) mass is 510 g/mol. The van der Waals surface area contributed by atoms with Crippen molar-refractivity contribution in [2.45, 2.75) is 25.3 Å². The van der Waals surface area contributed by atoms with Gasteiger partial charge in [0.1, 0.15) is 6.04 Å². The maximum Gasteiger partial charge on any atom is 0.326 e. The fraction of sp³-hybridized carbons (Fsp3) is 0.231. The molecule has 1 fully saturated rings. The molecule has 1 unspecified atom stereocenters. The van der Waals surface area contributed by atoms with Crippen LogP contribution in [-0.4, -0.2) is 39.5 Å². The molecule has 1 amide bonds. The van der Waals surface area contributed by atoms with Crippen molar-refractivity contribution in [2.24, 2.45) is 5.92 Å². The molecule has 1 aliphatic carbocycles. The second-order valence-electron chi connectivity index (χ2n) is 8.29. The van der Waals surface area contributed by atoms with Crippen LogP contribution in [0.3, 0.4) is 0 Å². The molecule has 1 aliphatic rings. The summed E-state index contributed by atoms with van der Waals surface area (Å²) in [5.41, 5.74) is 1.95. The topological polar surface area (TPSA) is 95.4 Å². The van der Waals surface area contributed by atoms with Gasteiger partial charge in [0.2, 0.25) is 5.95 Å². The summed E-state index contributed by atoms with van der Waals surface area (Å²) in [4.78, 5) is 35.1. The molecule has 1 heterocycles. The fourth-order valence-electron chi connectivity index (χ4n) is 3.56. The summed E-state index contributed by atoms with van der Waals surface area (Å²) in [5.74, 6) is -0.465. The predicted molar refractivity (Wildman–Crippen MR) is 137 cm³/mol. The van der Waals surface area contributed by atoms with E-state index < -0.39 is 17.9 Å². The number of carbonyl (C=O) groups is 2. The van der Waals surface area contributed by atoms with Gasteiger partial charge in [0, 0.05) is 24.6 Å². The van der Waals surface area contributed by atoms with Gasteiger partial charge in [-0.25, -0.2) is 14.8 Å². The number of amides is 1. The van der Waals surface area contributed by atoms with E-state index in [1.54, 1.807) is 30.6 Å². The molecule has 1 atom stereocenters. The Morgan fingerprint density at radius 3 is 2.31 bits per heavy atom. The molecule has 0 spiro atoms. The van der Waals surface area contributed by atoms with Gasteiger partial charge in [-0.1, -0.05) is 53.6 Å². The van der Waals surface area contributed by atoms with Crippen LogP contribution in [-0.2, 0) is 4.79 Å². The molecule has 9 heteroatoms. The summed E-state index contributed by atoms with van der Waals surface area (Å²) in [7, 11) is 0. The van der Waals surface area contributed by atoms with Gasteiger partial charge in [-0.15, -0.1) is 0 Å². The van der Waals surface area contributed by atoms with Crippen LogP contribution in [0.15, 0.2) is 67.0 Å². The molecule has 7 nitrogen and oxygen atoms in total. The van der Waals surface area contributed by atoms with Crippen molar-refractivity contribution in [2.75, 3.05) is 11.4 Å². The highest BCUT2D eigenvalue weighted by Crippen LogP contribution is 2.34. The summed E-state index contributed by atoms with van der Waals surface area (Å²) in [6.07, 6.45) is 9.52. The van der Waals surface area contributed by atoms with Crippen LogP contribution in [0.2, 0.25) is 10.0 Å². The average Bonchev–Trinajstić information content (AvgIpc) is 3.67. The van der Waals surface area contributed by atoms with E-state index in [0.717, 1.165) is 17.8 Å². The smallest absolute Gasteiger partial charge is 0.326 e. The lowest BCUT2D eigenvalue weighted by Crippen LogP contribution is -2.40. The zero-order valence-electron chi connectivity index (χ0n) is 18.8. The van der Waals surface area contributed by atoms with Gasteiger partial charge in [-0.3, -0.25) is 4.79 Å². The summed E-state index contributed by atoms with van der Waals surface area (Å²) in [5, 5.41) is 12.4. The lowest BCUT2D eigenvalue weighted by Gasteiger charge is -2.22. The fourth-order valence-corrected chi connectivity index (χ4v) is 4.13. The number of carboxylic acid groups (broad SMARTS) is 1. The molecule has 35 heavy (non-hydrogen) atoms. The highest BCUT2D eigenvalue weighted by atomic mass is 35.5. The minimum absolute atomic E-state index is 0.0554. The molecule has 0 radical (unpaired) electrons. The van der Waals surface area contributed by atoms with E-state index in [4.69, 9.17) is 23.2 Å². The summed E-state index contributed by atoms with van der Waals surface area (Å²) in [6.45, 7) is 0.870. The van der Waals surface area contributed by atoms with Crippen molar-refractivity contribution >= 4 is 52.8 Å². The molecular formula is C26H24Cl2N4O3. The Kier molecular flexibility index (Phi) is 8.00. The summed E-state index contributed by atoms with van der Waals surface area (Å²) in [6, 6.07) is 13.2. The van der Waals surface area contributed by atoms with E-state index >= 15 is 0 Å². The lowest BCUT2D eigenvalue weighted by molar-refractivity contribution is -0.139. The van der Waals surface area contributed by atoms with E-state index in [0.29, 0.717) is 11.9 Å². The Bertz CT molecular complexity index is 1190. The first-order chi connectivity index (χ1) is 16.9. The average molecular weight is 511 g/mol. The van der Waals surface area contributed by atoms with E-state index in [1.165, 1.54) is 25.0 Å². The zero-order valence-corrected chi connectivity index (χ0v) is 20.3. The number of halogens is 2. The van der Waals surface area contributed by atoms with Gasteiger partial charge in [0.15, 0.2) is 0 Å². The number of carboxylic acids is 1. The quantitative estimate of drug-likeness (QED) is 0.367. The zero-order chi connectivity index (χ0) is 24.8. The third-order valence-corrected chi connectivity index (χ3v) is 6.24. The number of aromatic nitrogens is 2. The third kappa shape index (κ3) is 6.59. The number of nitrogens with one attached hydrogen (secondary N) is 1. The number of hydrogen-bond donors (Lipinski definition) is 2. The van der Waals surface area contributed by atoms with E-state index in [-0.39, 0.29) is 22.0 Å². The number of carbonyl (C=O) groups excluding carboxylic acids is 1. The molecule has 180 valence electrons. The minimum Gasteiger partial charge on any atom is -0.480 e. The maximum absolute atomic E-state index is 12.6. The van der Waals surface area contributed by atoms with Crippen molar-refractivity contribution < 1.29 is 14.7 Å². The SMILES string of the molecule is O=C(NC(C/C=C/c1ccc(N(CC2CC2)c2ncccn2)cc1)C(=O)O)c1c(Cl)cccc1Cl. The van der Waals surface area contributed by atoms with Gasteiger partial charge in [-0.2, -0.15) is 0 Å². The first-order valence-corrected chi connectivity index (χ1v) is 12.0. The second-order valence-corrected chi connectivity index (χ2v) is 9.11. The first-order valence-electron chi connectivity index (χ1n) is 11.2. The highest BCUT2D eigenvalue weighted by molar-refractivity contribution is 6.39. The molecule has 0 aliphatic heterocycles. The van der Waals surface area contributed by atoms with Crippen molar-refractivity contribution in [3.05, 3.63) is 88.2 Å². The molecule has 0 saturated heterocycles. The normalized spacial score (nSPS) is 14.0. The largest absolute Gasteiger partial charge is 0.480 e. The molecule has 3 aromatic rings. The number of anilines is 2. The molecule has 0 bridgehead atoms. The van der Waals surface area contributed by atoms with Crippen LogP contribution in [0, 0.1) is 5.92 Å². The van der Waals surface area contributed by atoms with Crippen molar-refractivity contribution in [3.8, 4) is 0 Å². The lowest BCUT2D eigenvalue weighted by atomic mass is 10.1. The Morgan fingerprint density at radius 1 is 1.06 bits per heavy atom. The first kappa shape index (κ1) is 24.7. The van der Waals surface area contributed by atoms with Gasteiger partial charge in [0.05, 0.1) is 15.6 Å². The Labute approximate surface area is 213 Å². The van der Waals surface area contributed by atoms with Crippen molar-refractivity contribution in [1.82, 2.24) is 15.3 Å². The van der Waals surface area contributed by atoms with Crippen LogP contribution in [0.4, 0.5) is 11.6 Å². The number of hydrogen-bond acceptors (Lipinski definition) is 5. The number of aliphatic carboxylic acids is 1. The van der Waals surface area contributed by atoms with Gasteiger partial charge >= 0.3 is 5.97 Å². The molecular weight excluding hydrogens is 487 g/mol. The van der Waals surface area contributed by atoms with E-state index in [9.17, 15) is 14.7 Å². The predicted octanol–water partition coefficient (Wildman–Crippen LogP) is 5.62. The molecule has 1 aromatic heterocycles. The summed E-state index contributed by atoms with van der Waals surface area (Å²) >= 11 is 12.1. The molecule has 1 saturated carbocycles. The minimum atomic E-state index is -1.15. The van der Waals surface area contributed by atoms with Crippen LogP contribution >= 0.6 is 23.2 Å². The van der Waals surface area contributed by atoms with Crippen LogP contribution in [0.5, 0.6) is 0 Å². The van der Waals surface area contributed by atoms with E-state index in [2.05, 4.69) is 20.2 Å². The number of nitrogens with zero attached hydrogens (tertiary/aromatic N) is 3. The van der Waals surface area contributed by atoms with Gasteiger partial charge in [0.25, 0.3) is 5.91 Å². The second kappa shape index (κ2) is 11.3. The Morgan fingerprint density at radius 2 is 1.71 bits per heavy atom. The molecule has 2 aromatic carbocycles. The molecule has 2 N–H and O–H groups in total. The van der Waals surface area contributed by atoms with Crippen LogP contribution < -0.4 is 10.2 Å². The number of benzene rings is 2. The van der Waals surface area contributed by atoms with Gasteiger partial charge in [-0.05, 0) is 61.1 Å². The van der Waals surface area contributed by atoms with Crippen molar-refractivity contribution in [1.29, 1.82) is 0 Å². The molecule has 4 rings (SSSR count). The third-order valence-electron chi connectivity index (χ3n) is 5.61.